The molecule has 0 radical (unpaired) electrons. The predicted molar refractivity (Wildman–Crippen MR) is 98.9 cm³/mol. The third-order valence-electron chi connectivity index (χ3n) is 4.27. The normalized spacial score (nSPS) is 14.0. The summed E-state index contributed by atoms with van der Waals surface area (Å²) in [5.41, 5.74) is 0.254. The summed E-state index contributed by atoms with van der Waals surface area (Å²) in [4.78, 5) is 22.1. The van der Waals surface area contributed by atoms with Crippen LogP contribution in [0.15, 0.2) is 28.2 Å². The van der Waals surface area contributed by atoms with Crippen LogP contribution in [0, 0.1) is 5.82 Å². The Hall–Kier alpha value is -2.28. The average Bonchev–Trinajstić information content (AvgIpc) is 3.09. The van der Waals surface area contributed by atoms with Gasteiger partial charge in [-0.25, -0.2) is 9.38 Å². The number of carbonyl (C=O) groups is 1. The van der Waals surface area contributed by atoms with Crippen LogP contribution in [0.5, 0.6) is 5.88 Å². The molecule has 0 aliphatic carbocycles. The van der Waals surface area contributed by atoms with Crippen LogP contribution in [-0.4, -0.2) is 22.1 Å². The first-order valence-corrected chi connectivity index (χ1v) is 9.74. The number of hydrogen-bond acceptors (Lipinski definition) is 4. The van der Waals surface area contributed by atoms with Crippen LogP contribution in [0.1, 0.15) is 44.4 Å². The minimum Gasteiger partial charge on any atom is -0.493 e. The molecule has 1 N–H and O–H groups in total. The van der Waals surface area contributed by atoms with Crippen LogP contribution >= 0.6 is 11.3 Å². The molecule has 0 saturated heterocycles. The number of fused-ring (bicyclic) bond motifs is 1. The van der Waals surface area contributed by atoms with Crippen molar-refractivity contribution in [1.29, 1.82) is 0 Å². The minimum atomic E-state index is -0.454. The minimum absolute atomic E-state index is 0.00867. The fourth-order valence-electron chi connectivity index (χ4n) is 2.84. The summed E-state index contributed by atoms with van der Waals surface area (Å²) in [5, 5.41) is 11.6. The van der Waals surface area contributed by atoms with Gasteiger partial charge in [0.15, 0.2) is 4.80 Å². The van der Waals surface area contributed by atoms with Gasteiger partial charge in [-0.05, 0) is 31.0 Å². The Morgan fingerprint density at radius 1 is 1.27 bits per heavy atom. The van der Waals surface area contributed by atoms with E-state index >= 15 is 0 Å². The number of carbonyl (C=O) groups excluding carboxylic acids is 1. The van der Waals surface area contributed by atoms with Crippen molar-refractivity contribution in [3.8, 4) is 5.88 Å². The van der Waals surface area contributed by atoms with Gasteiger partial charge in [0.1, 0.15) is 10.7 Å². The summed E-state index contributed by atoms with van der Waals surface area (Å²) >= 11 is 1.26. The first-order chi connectivity index (χ1) is 12.6. The van der Waals surface area contributed by atoms with Crippen LogP contribution in [0.4, 0.5) is 4.39 Å². The van der Waals surface area contributed by atoms with E-state index < -0.39 is 11.7 Å². The molecule has 26 heavy (non-hydrogen) atoms. The Morgan fingerprint density at radius 2 is 2.04 bits per heavy atom. The Labute approximate surface area is 154 Å². The van der Waals surface area contributed by atoms with E-state index in [0.717, 1.165) is 25.7 Å². The highest BCUT2D eigenvalue weighted by atomic mass is 32.1. The zero-order valence-corrected chi connectivity index (χ0v) is 15.8. The lowest BCUT2D eigenvalue weighted by atomic mass is 10.1. The van der Waals surface area contributed by atoms with Gasteiger partial charge in [-0.3, -0.25) is 14.4 Å². The van der Waals surface area contributed by atoms with Gasteiger partial charge in [-0.15, -0.1) is 0 Å². The van der Waals surface area contributed by atoms with Gasteiger partial charge in [0.2, 0.25) is 5.88 Å². The maximum Gasteiger partial charge on any atom is 0.279 e. The maximum atomic E-state index is 13.7. The zero-order chi connectivity index (χ0) is 18.7. The summed E-state index contributed by atoms with van der Waals surface area (Å²) in [5.74, 6) is -0.881. The molecule has 0 fully saturated rings. The number of hydrogen-bond donors (Lipinski definition) is 1. The van der Waals surface area contributed by atoms with Crippen LogP contribution < -0.4 is 15.4 Å². The molecule has 1 aromatic carbocycles. The van der Waals surface area contributed by atoms with E-state index in [1.54, 1.807) is 4.57 Å². The van der Waals surface area contributed by atoms with E-state index in [2.05, 4.69) is 23.8 Å². The quantitative estimate of drug-likeness (QED) is 0.755. The lowest BCUT2D eigenvalue weighted by molar-refractivity contribution is -0.112. The van der Waals surface area contributed by atoms with Crippen molar-refractivity contribution in [2.75, 3.05) is 6.54 Å². The van der Waals surface area contributed by atoms with E-state index in [1.807, 2.05) is 0 Å². The Morgan fingerprint density at radius 3 is 2.77 bits per heavy atom. The Bertz CT molecular complexity index is 1020. The van der Waals surface area contributed by atoms with Crippen LogP contribution in [0.3, 0.4) is 0 Å². The van der Waals surface area contributed by atoms with Crippen molar-refractivity contribution < 1.29 is 14.3 Å². The summed E-state index contributed by atoms with van der Waals surface area (Å²) < 4.78 is 15.4. The highest BCUT2D eigenvalue weighted by Crippen LogP contribution is 2.28. The number of thiazole rings is 1. The lowest BCUT2D eigenvalue weighted by Gasteiger charge is -2.04. The number of nitrogens with zero attached hydrogens (tertiary/aromatic N) is 3. The SMILES string of the molecule is CCCCN=c1sc(C2=c3cc(F)ccc3=NC2=O)c(O)n1CCCC. The molecule has 7 heteroatoms. The molecular weight excluding hydrogens is 353 g/mol. The van der Waals surface area contributed by atoms with Crippen molar-refractivity contribution in [2.45, 2.75) is 46.1 Å². The molecule has 1 aromatic heterocycles. The number of halogens is 1. The molecule has 0 bridgehead atoms. The Kier molecular flexibility index (Phi) is 5.66. The summed E-state index contributed by atoms with van der Waals surface area (Å²) in [6.07, 6.45) is 3.86. The van der Waals surface area contributed by atoms with Crippen molar-refractivity contribution in [3.05, 3.63) is 44.3 Å². The van der Waals surface area contributed by atoms with Gasteiger partial charge in [0.25, 0.3) is 5.91 Å². The fraction of sp³-hybridized carbons (Fsp3) is 0.421. The van der Waals surface area contributed by atoms with E-state index in [1.165, 1.54) is 29.5 Å². The van der Waals surface area contributed by atoms with E-state index in [9.17, 15) is 14.3 Å². The monoisotopic (exact) mass is 375 g/mol. The van der Waals surface area contributed by atoms with Crippen LogP contribution in [0.2, 0.25) is 0 Å². The lowest BCUT2D eigenvalue weighted by Crippen LogP contribution is -2.23. The number of unbranched alkanes of at least 4 members (excludes halogenated alkanes) is 2. The van der Waals surface area contributed by atoms with Crippen molar-refractivity contribution >= 4 is 22.8 Å². The van der Waals surface area contributed by atoms with Gasteiger partial charge in [0.05, 0.1) is 10.9 Å². The second-order valence-electron chi connectivity index (χ2n) is 6.23. The zero-order valence-electron chi connectivity index (χ0n) is 15.0. The first-order valence-electron chi connectivity index (χ1n) is 8.93. The van der Waals surface area contributed by atoms with E-state index in [4.69, 9.17) is 0 Å². The molecule has 1 aliphatic heterocycles. The second-order valence-corrected chi connectivity index (χ2v) is 7.21. The van der Waals surface area contributed by atoms with Crippen molar-refractivity contribution in [2.24, 2.45) is 9.98 Å². The standard InChI is InChI=1S/C19H22FN3O2S/c1-3-5-9-21-19-23(10-6-4-2)18(25)16(26-19)15-13-11-12(20)7-8-14(13)22-17(15)24/h7-8,11,25H,3-6,9-10H2,1-2H3. The van der Waals surface area contributed by atoms with E-state index in [0.29, 0.717) is 33.3 Å². The molecule has 2 heterocycles. The number of benzene rings is 1. The van der Waals surface area contributed by atoms with Gasteiger partial charge in [-0.1, -0.05) is 38.0 Å². The molecule has 1 amide bonds. The predicted octanol–water partition coefficient (Wildman–Crippen LogP) is 2.25. The van der Waals surface area contributed by atoms with Gasteiger partial charge in [-0.2, -0.15) is 0 Å². The van der Waals surface area contributed by atoms with Gasteiger partial charge < -0.3 is 5.11 Å². The molecule has 5 nitrogen and oxygen atoms in total. The first kappa shape index (κ1) is 18.5. The molecule has 3 rings (SSSR count). The molecule has 138 valence electrons. The summed E-state index contributed by atoms with van der Waals surface area (Å²) in [6, 6.07) is 4.06. The molecule has 0 unspecified atom stereocenters. The van der Waals surface area contributed by atoms with E-state index in [-0.39, 0.29) is 11.5 Å². The third kappa shape index (κ3) is 3.49. The molecule has 0 spiro atoms. The average molecular weight is 375 g/mol. The smallest absolute Gasteiger partial charge is 0.279 e. The highest BCUT2D eigenvalue weighted by molar-refractivity contribution is 7.11. The number of aromatic nitrogens is 1. The number of amides is 1. The molecule has 2 aromatic rings. The van der Waals surface area contributed by atoms with Crippen molar-refractivity contribution in [1.82, 2.24) is 4.57 Å². The molecule has 1 aliphatic rings. The summed E-state index contributed by atoms with van der Waals surface area (Å²) in [7, 11) is 0. The molecular formula is C19H22FN3O2S. The van der Waals surface area contributed by atoms with Crippen LogP contribution in [-0.2, 0) is 11.3 Å². The van der Waals surface area contributed by atoms with Crippen molar-refractivity contribution in [3.63, 3.8) is 0 Å². The third-order valence-corrected chi connectivity index (χ3v) is 5.39. The molecule has 0 saturated carbocycles. The topological polar surface area (TPSA) is 66.9 Å². The van der Waals surface area contributed by atoms with Crippen LogP contribution in [0.25, 0.3) is 5.57 Å². The fourth-order valence-corrected chi connectivity index (χ4v) is 3.97. The number of aromatic hydroxyl groups is 1. The highest BCUT2D eigenvalue weighted by Gasteiger charge is 2.25. The second kappa shape index (κ2) is 7.95. The maximum absolute atomic E-state index is 13.7. The van der Waals surface area contributed by atoms with Gasteiger partial charge >= 0.3 is 0 Å². The Balaban J connectivity index is 2.20. The summed E-state index contributed by atoms with van der Waals surface area (Å²) in [6.45, 7) is 5.46. The largest absolute Gasteiger partial charge is 0.493 e. The molecule has 0 atom stereocenters. The number of rotatable bonds is 7. The van der Waals surface area contributed by atoms with Gasteiger partial charge in [0, 0.05) is 18.3 Å².